The normalized spacial score (nSPS) is 14.2. The number of hydrogen-bond donors (Lipinski definition) is 1. The monoisotopic (exact) mass is 398 g/mol. The van der Waals surface area contributed by atoms with E-state index in [4.69, 9.17) is 9.84 Å². The molecule has 1 saturated carbocycles. The SMILES string of the molecule is COc1ccc(-n2nc(C(C)(C)C)cc2NC(=O)CN(C)C(=O)C2CCC2)cc1. The summed E-state index contributed by atoms with van der Waals surface area (Å²) in [4.78, 5) is 26.5. The zero-order valence-corrected chi connectivity index (χ0v) is 17.9. The second kappa shape index (κ2) is 8.27. The molecule has 1 fully saturated rings. The zero-order valence-electron chi connectivity index (χ0n) is 17.9. The Labute approximate surface area is 172 Å². The van der Waals surface area contributed by atoms with Crippen molar-refractivity contribution < 1.29 is 14.3 Å². The molecule has 0 spiro atoms. The van der Waals surface area contributed by atoms with Crippen molar-refractivity contribution in [2.24, 2.45) is 5.92 Å². The lowest BCUT2D eigenvalue weighted by Gasteiger charge is -2.28. The standard InChI is InChI=1S/C22H30N4O3/c1-22(2,3)18-13-19(26(24-18)16-9-11-17(29-5)12-10-16)23-20(27)14-25(4)21(28)15-7-6-8-15/h9-13,15H,6-8,14H2,1-5H3,(H,23,27). The maximum absolute atomic E-state index is 12.6. The van der Waals surface area contributed by atoms with E-state index in [1.807, 2.05) is 30.3 Å². The molecule has 0 unspecified atom stereocenters. The third-order valence-corrected chi connectivity index (χ3v) is 5.27. The van der Waals surface area contributed by atoms with Crippen LogP contribution in [0.5, 0.6) is 5.75 Å². The van der Waals surface area contributed by atoms with Gasteiger partial charge < -0.3 is 15.0 Å². The Morgan fingerprint density at radius 1 is 1.24 bits per heavy atom. The first-order valence-corrected chi connectivity index (χ1v) is 9.99. The van der Waals surface area contributed by atoms with Crippen LogP contribution in [0.15, 0.2) is 30.3 Å². The summed E-state index contributed by atoms with van der Waals surface area (Å²) in [6.45, 7) is 6.24. The molecule has 2 amide bonds. The molecule has 29 heavy (non-hydrogen) atoms. The predicted molar refractivity (Wildman–Crippen MR) is 112 cm³/mol. The average molecular weight is 399 g/mol. The van der Waals surface area contributed by atoms with Crippen LogP contribution in [0, 0.1) is 5.92 Å². The lowest BCUT2D eigenvalue weighted by Crippen LogP contribution is -2.40. The average Bonchev–Trinajstić information content (AvgIpc) is 3.04. The minimum atomic E-state index is -0.240. The summed E-state index contributed by atoms with van der Waals surface area (Å²) in [6.07, 6.45) is 2.93. The van der Waals surface area contributed by atoms with E-state index in [0.717, 1.165) is 36.4 Å². The van der Waals surface area contributed by atoms with Crippen LogP contribution < -0.4 is 10.1 Å². The maximum atomic E-state index is 12.6. The Bertz CT molecular complexity index is 876. The third kappa shape index (κ3) is 4.78. The molecule has 1 aromatic carbocycles. The van der Waals surface area contributed by atoms with Crippen molar-refractivity contribution in [3.63, 3.8) is 0 Å². The topological polar surface area (TPSA) is 76.5 Å². The number of ether oxygens (including phenoxy) is 1. The second-order valence-electron chi connectivity index (χ2n) is 8.64. The molecule has 7 heteroatoms. The predicted octanol–water partition coefficient (Wildman–Crippen LogP) is 3.38. The van der Waals surface area contributed by atoms with Crippen LogP contribution in [0.2, 0.25) is 0 Å². The number of nitrogens with one attached hydrogen (secondary N) is 1. The first-order chi connectivity index (χ1) is 13.7. The summed E-state index contributed by atoms with van der Waals surface area (Å²) in [5.74, 6) is 1.21. The van der Waals surface area contributed by atoms with Gasteiger partial charge in [-0.15, -0.1) is 0 Å². The quantitative estimate of drug-likeness (QED) is 0.809. The van der Waals surface area contributed by atoms with E-state index in [1.165, 1.54) is 4.90 Å². The molecule has 2 aromatic rings. The highest BCUT2D eigenvalue weighted by atomic mass is 16.5. The molecule has 7 nitrogen and oxygen atoms in total. The Morgan fingerprint density at radius 3 is 2.41 bits per heavy atom. The van der Waals surface area contributed by atoms with Gasteiger partial charge in [-0.1, -0.05) is 27.2 Å². The molecule has 0 bridgehead atoms. The number of anilines is 1. The van der Waals surface area contributed by atoms with Gasteiger partial charge in [-0.25, -0.2) is 4.68 Å². The Hall–Kier alpha value is -2.83. The van der Waals surface area contributed by atoms with Gasteiger partial charge in [-0.3, -0.25) is 9.59 Å². The van der Waals surface area contributed by atoms with Gasteiger partial charge in [0.2, 0.25) is 11.8 Å². The van der Waals surface area contributed by atoms with E-state index in [2.05, 4.69) is 26.1 Å². The van der Waals surface area contributed by atoms with Crippen molar-refractivity contribution in [2.75, 3.05) is 26.0 Å². The third-order valence-electron chi connectivity index (χ3n) is 5.27. The number of nitrogens with zero attached hydrogens (tertiary/aromatic N) is 3. The van der Waals surface area contributed by atoms with Gasteiger partial charge in [-0.05, 0) is 37.1 Å². The summed E-state index contributed by atoms with van der Waals surface area (Å²) in [5, 5.41) is 7.63. The van der Waals surface area contributed by atoms with Gasteiger partial charge in [0.1, 0.15) is 11.6 Å². The Balaban J connectivity index is 1.80. The summed E-state index contributed by atoms with van der Waals surface area (Å²) in [6, 6.07) is 9.37. The molecule has 0 atom stereocenters. The molecule has 156 valence electrons. The Kier molecular flexibility index (Phi) is 5.96. The second-order valence-corrected chi connectivity index (χ2v) is 8.64. The summed E-state index contributed by atoms with van der Waals surface area (Å²) in [5.41, 5.74) is 1.51. The number of aromatic nitrogens is 2. The van der Waals surface area contributed by atoms with Crippen molar-refractivity contribution in [3.8, 4) is 11.4 Å². The zero-order chi connectivity index (χ0) is 21.2. The minimum absolute atomic E-state index is 0.0218. The summed E-state index contributed by atoms with van der Waals surface area (Å²) in [7, 11) is 3.30. The smallest absolute Gasteiger partial charge is 0.245 e. The molecular weight excluding hydrogens is 368 g/mol. The van der Waals surface area contributed by atoms with Crippen molar-refractivity contribution in [1.29, 1.82) is 0 Å². The fraction of sp³-hybridized carbons (Fsp3) is 0.500. The molecule has 1 aliphatic carbocycles. The van der Waals surface area contributed by atoms with E-state index in [9.17, 15) is 9.59 Å². The maximum Gasteiger partial charge on any atom is 0.245 e. The van der Waals surface area contributed by atoms with E-state index >= 15 is 0 Å². The van der Waals surface area contributed by atoms with Crippen LogP contribution in [0.1, 0.15) is 45.7 Å². The minimum Gasteiger partial charge on any atom is -0.497 e. The molecular formula is C22H30N4O3. The highest BCUT2D eigenvalue weighted by molar-refractivity contribution is 5.94. The number of methoxy groups -OCH3 is 1. The van der Waals surface area contributed by atoms with Crippen molar-refractivity contribution in [2.45, 2.75) is 45.4 Å². The van der Waals surface area contributed by atoms with E-state index in [0.29, 0.717) is 5.82 Å². The van der Waals surface area contributed by atoms with Gasteiger partial charge in [0.25, 0.3) is 0 Å². The number of carbonyl (C=O) groups excluding carboxylic acids is 2. The van der Waals surface area contributed by atoms with Gasteiger partial charge >= 0.3 is 0 Å². The number of rotatable bonds is 6. The van der Waals surface area contributed by atoms with Crippen LogP contribution >= 0.6 is 0 Å². The first kappa shape index (κ1) is 20.9. The molecule has 0 saturated heterocycles. The highest BCUT2D eigenvalue weighted by Crippen LogP contribution is 2.28. The van der Waals surface area contributed by atoms with Gasteiger partial charge in [0.05, 0.1) is 25.0 Å². The fourth-order valence-electron chi connectivity index (χ4n) is 3.20. The van der Waals surface area contributed by atoms with E-state index < -0.39 is 0 Å². The molecule has 0 aliphatic heterocycles. The number of likely N-dealkylation sites (N-methyl/N-ethyl adjacent to an activating group) is 1. The largest absolute Gasteiger partial charge is 0.497 e. The number of amides is 2. The molecule has 1 aromatic heterocycles. The fourth-order valence-corrected chi connectivity index (χ4v) is 3.20. The lowest BCUT2D eigenvalue weighted by atomic mass is 9.84. The van der Waals surface area contributed by atoms with Crippen LogP contribution in [-0.2, 0) is 15.0 Å². The molecule has 1 aliphatic rings. The van der Waals surface area contributed by atoms with Crippen LogP contribution in [0.25, 0.3) is 5.69 Å². The number of benzene rings is 1. The molecule has 0 radical (unpaired) electrons. The lowest BCUT2D eigenvalue weighted by molar-refractivity contribution is -0.139. The van der Waals surface area contributed by atoms with Gasteiger partial charge in [-0.2, -0.15) is 5.10 Å². The van der Waals surface area contributed by atoms with Crippen molar-refractivity contribution in [1.82, 2.24) is 14.7 Å². The number of carbonyl (C=O) groups is 2. The van der Waals surface area contributed by atoms with Gasteiger partial charge in [0.15, 0.2) is 0 Å². The first-order valence-electron chi connectivity index (χ1n) is 9.99. The summed E-state index contributed by atoms with van der Waals surface area (Å²) >= 11 is 0. The number of hydrogen-bond acceptors (Lipinski definition) is 4. The molecule has 1 heterocycles. The van der Waals surface area contributed by atoms with Crippen LogP contribution in [-0.4, -0.2) is 47.2 Å². The van der Waals surface area contributed by atoms with Crippen molar-refractivity contribution in [3.05, 3.63) is 36.0 Å². The molecule has 3 rings (SSSR count). The van der Waals surface area contributed by atoms with E-state index in [1.54, 1.807) is 18.8 Å². The highest BCUT2D eigenvalue weighted by Gasteiger charge is 2.29. The van der Waals surface area contributed by atoms with Crippen LogP contribution in [0.4, 0.5) is 5.82 Å². The Morgan fingerprint density at radius 2 is 1.90 bits per heavy atom. The van der Waals surface area contributed by atoms with E-state index in [-0.39, 0.29) is 29.7 Å². The summed E-state index contributed by atoms with van der Waals surface area (Å²) < 4.78 is 6.94. The van der Waals surface area contributed by atoms with Gasteiger partial charge in [0, 0.05) is 24.4 Å². The van der Waals surface area contributed by atoms with Crippen LogP contribution in [0.3, 0.4) is 0 Å². The molecule has 1 N–H and O–H groups in total. The van der Waals surface area contributed by atoms with Crippen molar-refractivity contribution >= 4 is 17.6 Å².